The zero-order valence-corrected chi connectivity index (χ0v) is 12.8. The number of amides is 1. The molecule has 0 saturated heterocycles. The van der Waals surface area contributed by atoms with E-state index in [9.17, 15) is 14.9 Å². The number of hydrazone groups is 1. The van der Waals surface area contributed by atoms with Crippen molar-refractivity contribution in [3.63, 3.8) is 0 Å². The molecule has 0 saturated carbocycles. The molecule has 0 fully saturated rings. The van der Waals surface area contributed by atoms with Gasteiger partial charge in [0, 0.05) is 5.71 Å². The monoisotopic (exact) mass is 325 g/mol. The fourth-order valence-electron chi connectivity index (χ4n) is 1.51. The van der Waals surface area contributed by atoms with E-state index in [1.165, 1.54) is 25.3 Å². The average molecular weight is 325 g/mol. The number of ether oxygens (including phenoxy) is 1. The predicted octanol–water partition coefficient (Wildman–Crippen LogP) is 1.14. The van der Waals surface area contributed by atoms with Gasteiger partial charge in [0.05, 0.1) is 24.5 Å². The van der Waals surface area contributed by atoms with Gasteiger partial charge in [-0.15, -0.1) is 0 Å². The molecule has 0 spiro atoms. The summed E-state index contributed by atoms with van der Waals surface area (Å²) in [5.74, 6) is -0.137. The molecule has 22 heavy (non-hydrogen) atoms. The molecule has 4 N–H and O–H groups in total. The first-order valence-corrected chi connectivity index (χ1v) is 6.45. The second-order valence-electron chi connectivity index (χ2n) is 4.19. The quantitative estimate of drug-likeness (QED) is 0.309. The van der Waals surface area contributed by atoms with Gasteiger partial charge >= 0.3 is 0 Å². The Kier molecular flexibility index (Phi) is 6.20. The number of hydrogen-bond acceptors (Lipinski definition) is 6. The van der Waals surface area contributed by atoms with Gasteiger partial charge in [0.25, 0.3) is 5.69 Å². The van der Waals surface area contributed by atoms with Crippen LogP contribution in [0.5, 0.6) is 5.75 Å². The highest BCUT2D eigenvalue weighted by atomic mass is 32.1. The van der Waals surface area contributed by atoms with Gasteiger partial charge in [0.2, 0.25) is 5.91 Å². The van der Waals surface area contributed by atoms with Crippen LogP contribution in [0.25, 0.3) is 0 Å². The van der Waals surface area contributed by atoms with Crippen molar-refractivity contribution in [2.24, 2.45) is 10.8 Å². The lowest BCUT2D eigenvalue weighted by Crippen LogP contribution is -2.26. The van der Waals surface area contributed by atoms with Crippen molar-refractivity contribution in [1.29, 1.82) is 0 Å². The number of anilines is 1. The maximum atomic E-state index is 11.9. The molecule has 0 bridgehead atoms. The molecule has 0 aromatic heterocycles. The molecule has 9 nitrogen and oxygen atoms in total. The molecule has 0 aliphatic heterocycles. The first kappa shape index (κ1) is 17.3. The van der Waals surface area contributed by atoms with E-state index in [2.05, 4.69) is 28.1 Å². The van der Waals surface area contributed by atoms with Gasteiger partial charge < -0.3 is 15.8 Å². The van der Waals surface area contributed by atoms with Crippen LogP contribution < -0.4 is 21.2 Å². The third kappa shape index (κ3) is 5.32. The highest BCUT2D eigenvalue weighted by Gasteiger charge is 2.17. The molecule has 0 atom stereocenters. The average Bonchev–Trinajstić information content (AvgIpc) is 2.45. The molecule has 1 aromatic rings. The number of carbonyl (C=O) groups is 1. The zero-order valence-electron chi connectivity index (χ0n) is 12.0. The third-order valence-electron chi connectivity index (χ3n) is 2.45. The molecule has 1 aromatic carbocycles. The number of nitrogens with two attached hydrogens (primary N) is 1. The van der Waals surface area contributed by atoms with E-state index in [1.807, 2.05) is 0 Å². The number of nitrogens with zero attached hydrogens (tertiary/aromatic N) is 2. The summed E-state index contributed by atoms with van der Waals surface area (Å²) in [6, 6.07) is 4.14. The predicted molar refractivity (Wildman–Crippen MR) is 85.9 cm³/mol. The minimum atomic E-state index is -0.604. The van der Waals surface area contributed by atoms with Crippen molar-refractivity contribution in [2.45, 2.75) is 13.3 Å². The van der Waals surface area contributed by atoms with Gasteiger partial charge in [0.15, 0.2) is 5.11 Å². The van der Waals surface area contributed by atoms with Gasteiger partial charge in [-0.1, -0.05) is 0 Å². The molecule has 1 amide bonds. The molecule has 10 heteroatoms. The number of nitrogens with one attached hydrogen (secondary N) is 2. The van der Waals surface area contributed by atoms with E-state index in [4.69, 9.17) is 10.5 Å². The Hall–Kier alpha value is -2.75. The van der Waals surface area contributed by atoms with Crippen molar-refractivity contribution in [3.8, 4) is 5.75 Å². The lowest BCUT2D eigenvalue weighted by Gasteiger charge is -2.07. The first-order valence-electron chi connectivity index (χ1n) is 6.04. The summed E-state index contributed by atoms with van der Waals surface area (Å²) in [5, 5.41) is 17.2. The minimum Gasteiger partial charge on any atom is -0.496 e. The van der Waals surface area contributed by atoms with E-state index in [0.29, 0.717) is 11.5 Å². The van der Waals surface area contributed by atoms with Crippen molar-refractivity contribution in [2.75, 3.05) is 12.4 Å². The third-order valence-corrected chi connectivity index (χ3v) is 2.54. The van der Waals surface area contributed by atoms with Crippen LogP contribution >= 0.6 is 12.2 Å². The summed E-state index contributed by atoms with van der Waals surface area (Å²) in [5.41, 5.74) is 7.79. The summed E-state index contributed by atoms with van der Waals surface area (Å²) >= 11 is 4.57. The highest BCUT2D eigenvalue weighted by molar-refractivity contribution is 7.80. The summed E-state index contributed by atoms with van der Waals surface area (Å²) in [7, 11) is 1.39. The van der Waals surface area contributed by atoms with Gasteiger partial charge in [0.1, 0.15) is 11.4 Å². The van der Waals surface area contributed by atoms with Crippen molar-refractivity contribution in [3.05, 3.63) is 28.3 Å². The molecule has 118 valence electrons. The van der Waals surface area contributed by atoms with Gasteiger partial charge in [-0.3, -0.25) is 20.3 Å². The van der Waals surface area contributed by atoms with Gasteiger partial charge in [-0.25, -0.2) is 0 Å². The molecule has 0 aliphatic rings. The van der Waals surface area contributed by atoms with Crippen molar-refractivity contribution in [1.82, 2.24) is 5.43 Å². The van der Waals surface area contributed by atoms with E-state index in [-0.39, 0.29) is 22.9 Å². The first-order chi connectivity index (χ1) is 10.3. The Bertz CT molecular complexity index is 632. The highest BCUT2D eigenvalue weighted by Crippen LogP contribution is 2.28. The molecular weight excluding hydrogens is 310 g/mol. The fraction of sp³-hybridized carbons (Fsp3) is 0.250. The van der Waals surface area contributed by atoms with E-state index in [0.717, 1.165) is 0 Å². The Morgan fingerprint density at radius 1 is 1.55 bits per heavy atom. The van der Waals surface area contributed by atoms with Crippen LogP contribution in [0.3, 0.4) is 0 Å². The maximum Gasteiger partial charge on any atom is 0.296 e. The number of methoxy groups -OCH3 is 1. The van der Waals surface area contributed by atoms with Crippen LogP contribution in [-0.2, 0) is 4.79 Å². The van der Waals surface area contributed by atoms with E-state index in [1.54, 1.807) is 6.92 Å². The number of nitro benzene ring substituents is 1. The van der Waals surface area contributed by atoms with Crippen LogP contribution in [0.2, 0.25) is 0 Å². The Morgan fingerprint density at radius 3 is 2.77 bits per heavy atom. The van der Waals surface area contributed by atoms with Gasteiger partial charge in [-0.05, 0) is 31.3 Å². The summed E-state index contributed by atoms with van der Waals surface area (Å²) in [4.78, 5) is 22.3. The molecule has 0 unspecified atom stereocenters. The van der Waals surface area contributed by atoms with Crippen molar-refractivity contribution < 1.29 is 14.5 Å². The topological polar surface area (TPSA) is 132 Å². The molecule has 0 aliphatic carbocycles. The standard InChI is InChI=1S/C12H15N5O4S/c1-7(15-16-12(13)22)5-11(18)14-9-4-3-8(21-2)6-10(9)17(19)20/h3-4,6H,5H2,1-2H3,(H,14,18)(H3,13,16,22)/b15-7+. The number of benzene rings is 1. The lowest BCUT2D eigenvalue weighted by atomic mass is 10.2. The Labute approximate surface area is 131 Å². The minimum absolute atomic E-state index is 0.0226. The number of carbonyl (C=O) groups excluding carboxylic acids is 1. The largest absolute Gasteiger partial charge is 0.496 e. The summed E-state index contributed by atoms with van der Waals surface area (Å²) < 4.78 is 4.92. The maximum absolute atomic E-state index is 11.9. The van der Waals surface area contributed by atoms with Crippen molar-refractivity contribution >= 4 is 40.3 Å². The Balaban J connectivity index is 2.82. The Morgan fingerprint density at radius 2 is 2.23 bits per heavy atom. The van der Waals surface area contributed by atoms with Crippen LogP contribution in [0.15, 0.2) is 23.3 Å². The van der Waals surface area contributed by atoms with Crippen LogP contribution in [0, 0.1) is 10.1 Å². The molecular formula is C12H15N5O4S. The van der Waals surface area contributed by atoms with Crippen LogP contribution in [-0.4, -0.2) is 28.8 Å². The number of hydrogen-bond donors (Lipinski definition) is 3. The lowest BCUT2D eigenvalue weighted by molar-refractivity contribution is -0.384. The SMILES string of the molecule is COc1ccc(NC(=O)C/C(C)=N/NC(N)=S)c([N+](=O)[O-])c1. The number of nitro groups is 1. The smallest absolute Gasteiger partial charge is 0.296 e. The number of rotatable bonds is 6. The summed E-state index contributed by atoms with van der Waals surface area (Å²) in [6.07, 6.45) is -0.0706. The summed E-state index contributed by atoms with van der Waals surface area (Å²) in [6.45, 7) is 1.59. The van der Waals surface area contributed by atoms with Crippen LogP contribution in [0.1, 0.15) is 13.3 Å². The fourth-order valence-corrected chi connectivity index (χ4v) is 1.56. The molecule has 0 heterocycles. The van der Waals surface area contributed by atoms with Gasteiger partial charge in [-0.2, -0.15) is 5.10 Å². The second-order valence-corrected chi connectivity index (χ2v) is 4.63. The van der Waals surface area contributed by atoms with E-state index >= 15 is 0 Å². The van der Waals surface area contributed by atoms with E-state index < -0.39 is 10.8 Å². The van der Waals surface area contributed by atoms with Crippen LogP contribution in [0.4, 0.5) is 11.4 Å². The molecule has 1 rings (SSSR count). The second kappa shape index (κ2) is 7.88. The normalized spacial score (nSPS) is 10.7. The molecule has 0 radical (unpaired) electrons. The zero-order chi connectivity index (χ0) is 16.7. The number of thiocarbonyl (C=S) groups is 1.